The molecule has 0 amide bonds. The number of piperazine rings is 1. The second-order valence-corrected chi connectivity index (χ2v) is 9.58. The van der Waals surface area contributed by atoms with E-state index >= 15 is 0 Å². The largest absolute Gasteiger partial charge is 0.496 e. The van der Waals surface area contributed by atoms with Gasteiger partial charge in [-0.15, -0.1) is 10.2 Å². The minimum absolute atomic E-state index is 0.290. The molecule has 1 saturated heterocycles. The van der Waals surface area contributed by atoms with Crippen molar-refractivity contribution in [1.29, 1.82) is 0 Å². The van der Waals surface area contributed by atoms with Gasteiger partial charge in [-0.2, -0.15) is 4.31 Å². The first-order valence-electron chi connectivity index (χ1n) is 10.5. The number of nitrogens with one attached hydrogen (secondary N) is 1. The zero-order valence-corrected chi connectivity index (χ0v) is 19.0. The third kappa shape index (κ3) is 4.84. The highest BCUT2D eigenvalue weighted by molar-refractivity contribution is 7.89. The van der Waals surface area contributed by atoms with E-state index in [1.807, 2.05) is 37.3 Å². The average molecular weight is 454 g/mol. The molecule has 1 aliphatic heterocycles. The standard InChI is InChI=1S/C23H27N5O3S/c1-18-16-20(8-9-21(18)31-2)32(29,30)28-14-12-27(13-15-28)23-11-10-22(25-26-23)24-17-19-6-4-3-5-7-19/h3-11,16H,12-15,17H2,1-2H3,(H,24,25). The van der Waals surface area contributed by atoms with Gasteiger partial charge in [-0.25, -0.2) is 8.42 Å². The third-order valence-electron chi connectivity index (χ3n) is 5.53. The summed E-state index contributed by atoms with van der Waals surface area (Å²) in [4.78, 5) is 2.34. The number of hydrogen-bond donors (Lipinski definition) is 1. The fraction of sp³-hybridized carbons (Fsp3) is 0.304. The summed E-state index contributed by atoms with van der Waals surface area (Å²) in [6, 6.07) is 18.9. The van der Waals surface area contributed by atoms with E-state index in [4.69, 9.17) is 4.74 Å². The molecule has 0 spiro atoms. The maximum atomic E-state index is 13.0. The minimum atomic E-state index is -3.55. The second-order valence-electron chi connectivity index (χ2n) is 7.64. The van der Waals surface area contributed by atoms with Gasteiger partial charge in [-0.05, 0) is 48.4 Å². The van der Waals surface area contributed by atoms with E-state index in [0.717, 1.165) is 11.4 Å². The summed E-state index contributed by atoms with van der Waals surface area (Å²) in [5.74, 6) is 2.12. The number of aryl methyl sites for hydroxylation is 1. The maximum absolute atomic E-state index is 13.0. The number of methoxy groups -OCH3 is 1. The molecular formula is C23H27N5O3S. The Morgan fingerprint density at radius 1 is 0.969 bits per heavy atom. The normalized spacial score (nSPS) is 14.9. The van der Waals surface area contributed by atoms with Crippen molar-refractivity contribution in [2.24, 2.45) is 0 Å². The molecule has 3 aromatic rings. The smallest absolute Gasteiger partial charge is 0.243 e. The van der Waals surface area contributed by atoms with Gasteiger partial charge in [0.2, 0.25) is 10.0 Å². The lowest BCUT2D eigenvalue weighted by molar-refractivity contribution is 0.383. The molecule has 0 bridgehead atoms. The van der Waals surface area contributed by atoms with Crippen LogP contribution in [-0.4, -0.2) is 56.2 Å². The van der Waals surface area contributed by atoms with Crippen LogP contribution in [-0.2, 0) is 16.6 Å². The molecule has 8 nitrogen and oxygen atoms in total. The summed E-state index contributed by atoms with van der Waals surface area (Å²) >= 11 is 0. The first kappa shape index (κ1) is 22.0. The number of ether oxygens (including phenoxy) is 1. The van der Waals surface area contributed by atoms with Gasteiger partial charge >= 0.3 is 0 Å². The Balaban J connectivity index is 1.35. The van der Waals surface area contributed by atoms with Gasteiger partial charge in [0, 0.05) is 32.7 Å². The van der Waals surface area contributed by atoms with E-state index in [0.29, 0.717) is 44.3 Å². The highest BCUT2D eigenvalue weighted by Gasteiger charge is 2.29. The molecule has 1 aliphatic rings. The van der Waals surface area contributed by atoms with Crippen LogP contribution in [0.25, 0.3) is 0 Å². The lowest BCUT2D eigenvalue weighted by atomic mass is 10.2. The Morgan fingerprint density at radius 2 is 1.72 bits per heavy atom. The van der Waals surface area contributed by atoms with Gasteiger partial charge < -0.3 is 15.0 Å². The van der Waals surface area contributed by atoms with Crippen LogP contribution in [0.5, 0.6) is 5.75 Å². The van der Waals surface area contributed by atoms with Crippen molar-refractivity contribution >= 4 is 21.7 Å². The number of rotatable bonds is 7. The molecule has 2 heterocycles. The van der Waals surface area contributed by atoms with Crippen molar-refractivity contribution in [1.82, 2.24) is 14.5 Å². The molecule has 9 heteroatoms. The molecule has 32 heavy (non-hydrogen) atoms. The molecule has 2 aromatic carbocycles. The van der Waals surface area contributed by atoms with Crippen LogP contribution < -0.4 is 15.0 Å². The van der Waals surface area contributed by atoms with E-state index in [1.165, 1.54) is 9.87 Å². The van der Waals surface area contributed by atoms with Crippen LogP contribution in [0, 0.1) is 6.92 Å². The van der Waals surface area contributed by atoms with Crippen molar-refractivity contribution in [3.63, 3.8) is 0 Å². The number of nitrogens with zero attached hydrogens (tertiary/aromatic N) is 4. The van der Waals surface area contributed by atoms with E-state index in [9.17, 15) is 8.42 Å². The molecule has 1 N–H and O–H groups in total. The Morgan fingerprint density at radius 3 is 2.34 bits per heavy atom. The highest BCUT2D eigenvalue weighted by atomic mass is 32.2. The Kier molecular flexibility index (Phi) is 6.57. The van der Waals surface area contributed by atoms with Crippen molar-refractivity contribution < 1.29 is 13.2 Å². The van der Waals surface area contributed by atoms with Crippen LogP contribution in [0.3, 0.4) is 0 Å². The molecule has 0 radical (unpaired) electrons. The van der Waals surface area contributed by atoms with Crippen LogP contribution in [0.15, 0.2) is 65.6 Å². The number of hydrogen-bond acceptors (Lipinski definition) is 7. The molecule has 1 aromatic heterocycles. The summed E-state index contributed by atoms with van der Waals surface area (Å²) in [6.07, 6.45) is 0. The van der Waals surface area contributed by atoms with Crippen molar-refractivity contribution in [2.45, 2.75) is 18.4 Å². The van der Waals surface area contributed by atoms with Crippen molar-refractivity contribution in [3.8, 4) is 5.75 Å². The molecule has 4 rings (SSSR count). The summed E-state index contributed by atoms with van der Waals surface area (Å²) in [7, 11) is -1.98. The number of benzene rings is 2. The lowest BCUT2D eigenvalue weighted by Crippen LogP contribution is -2.49. The molecule has 0 atom stereocenters. The zero-order chi connectivity index (χ0) is 22.6. The van der Waals surface area contributed by atoms with Gasteiger partial charge in [-0.1, -0.05) is 30.3 Å². The molecule has 1 fully saturated rings. The van der Waals surface area contributed by atoms with Gasteiger partial charge in [0.15, 0.2) is 5.82 Å². The first-order valence-corrected chi connectivity index (χ1v) is 11.9. The predicted octanol–water partition coefficient (Wildman–Crippen LogP) is 2.92. The Hall–Kier alpha value is -3.17. The predicted molar refractivity (Wildman–Crippen MR) is 125 cm³/mol. The summed E-state index contributed by atoms with van der Waals surface area (Å²) in [5, 5.41) is 11.8. The number of sulfonamides is 1. The van der Waals surface area contributed by atoms with Crippen molar-refractivity contribution in [3.05, 3.63) is 71.8 Å². The van der Waals surface area contributed by atoms with Gasteiger partial charge in [-0.3, -0.25) is 0 Å². The highest BCUT2D eigenvalue weighted by Crippen LogP contribution is 2.25. The summed E-state index contributed by atoms with van der Waals surface area (Å²) in [5.41, 5.74) is 1.96. The first-order chi connectivity index (χ1) is 15.5. The van der Waals surface area contributed by atoms with Crippen molar-refractivity contribution in [2.75, 3.05) is 43.5 Å². The molecule has 168 valence electrons. The average Bonchev–Trinajstić information content (AvgIpc) is 2.84. The maximum Gasteiger partial charge on any atom is 0.243 e. The molecule has 0 saturated carbocycles. The van der Waals surface area contributed by atoms with Crippen LogP contribution in [0.1, 0.15) is 11.1 Å². The van der Waals surface area contributed by atoms with Crippen LogP contribution >= 0.6 is 0 Å². The SMILES string of the molecule is COc1ccc(S(=O)(=O)N2CCN(c3ccc(NCc4ccccc4)nn3)CC2)cc1C. The van der Waals surface area contributed by atoms with E-state index in [1.54, 1.807) is 25.3 Å². The Bertz CT molecular complexity index is 1150. The summed E-state index contributed by atoms with van der Waals surface area (Å²) in [6.45, 7) is 4.41. The topological polar surface area (TPSA) is 87.7 Å². The van der Waals surface area contributed by atoms with Crippen LogP contribution in [0.4, 0.5) is 11.6 Å². The van der Waals surface area contributed by atoms with E-state index in [-0.39, 0.29) is 4.90 Å². The van der Waals surface area contributed by atoms with E-state index < -0.39 is 10.0 Å². The van der Waals surface area contributed by atoms with Gasteiger partial charge in [0.25, 0.3) is 0 Å². The number of aromatic nitrogens is 2. The quantitative estimate of drug-likeness (QED) is 0.588. The fourth-order valence-electron chi connectivity index (χ4n) is 3.69. The molecular weight excluding hydrogens is 426 g/mol. The molecule has 0 unspecified atom stereocenters. The molecule has 0 aliphatic carbocycles. The zero-order valence-electron chi connectivity index (χ0n) is 18.2. The Labute approximate surface area is 188 Å². The van der Waals surface area contributed by atoms with Gasteiger partial charge in [0.05, 0.1) is 12.0 Å². The minimum Gasteiger partial charge on any atom is -0.496 e. The lowest BCUT2D eigenvalue weighted by Gasteiger charge is -2.34. The van der Waals surface area contributed by atoms with Gasteiger partial charge in [0.1, 0.15) is 11.6 Å². The summed E-state index contributed by atoms with van der Waals surface area (Å²) < 4.78 is 32.8. The second kappa shape index (κ2) is 9.54. The third-order valence-corrected chi connectivity index (χ3v) is 7.43. The monoisotopic (exact) mass is 453 g/mol. The number of anilines is 2. The fourth-order valence-corrected chi connectivity index (χ4v) is 5.20. The van der Waals surface area contributed by atoms with E-state index in [2.05, 4.69) is 32.5 Å². The van der Waals surface area contributed by atoms with Crippen LogP contribution in [0.2, 0.25) is 0 Å².